The molecule has 0 unspecified atom stereocenters. The molecule has 1 aromatic heterocycles. The molecule has 20 heavy (non-hydrogen) atoms. The van der Waals surface area contributed by atoms with Gasteiger partial charge >= 0.3 is 6.61 Å². The van der Waals surface area contributed by atoms with Crippen molar-refractivity contribution < 1.29 is 17.9 Å². The summed E-state index contributed by atoms with van der Waals surface area (Å²) in [5.41, 5.74) is 0.226. The molecular weight excluding hydrogens is 271 g/mol. The summed E-state index contributed by atoms with van der Waals surface area (Å²) in [7, 11) is 0. The molecule has 0 spiro atoms. The second-order valence-corrected chi connectivity index (χ2v) is 3.63. The van der Waals surface area contributed by atoms with Gasteiger partial charge in [0.25, 0.3) is 5.88 Å². The standard InChI is InChI=1S/C13H6F3N3O/c1-2-9-7-19(18-12(9)20-13(15)16)11-4-8(6-17)3-10(14)5-11/h1,3-5,7,13H. The molecule has 0 amide bonds. The average molecular weight is 277 g/mol. The Morgan fingerprint density at radius 2 is 2.10 bits per heavy atom. The van der Waals surface area contributed by atoms with Crippen LogP contribution in [0.4, 0.5) is 13.2 Å². The van der Waals surface area contributed by atoms with Crippen LogP contribution < -0.4 is 4.74 Å². The van der Waals surface area contributed by atoms with Gasteiger partial charge in [0.2, 0.25) is 0 Å². The number of nitriles is 1. The van der Waals surface area contributed by atoms with Gasteiger partial charge in [0.1, 0.15) is 11.4 Å². The number of benzene rings is 1. The number of hydrogen-bond acceptors (Lipinski definition) is 3. The highest BCUT2D eigenvalue weighted by atomic mass is 19.3. The molecule has 0 aliphatic heterocycles. The monoisotopic (exact) mass is 277 g/mol. The molecule has 100 valence electrons. The Morgan fingerprint density at radius 3 is 2.70 bits per heavy atom. The maximum absolute atomic E-state index is 13.3. The van der Waals surface area contributed by atoms with Crippen LogP contribution in [-0.2, 0) is 0 Å². The van der Waals surface area contributed by atoms with E-state index in [1.807, 2.05) is 0 Å². The summed E-state index contributed by atoms with van der Waals surface area (Å²) in [4.78, 5) is 0. The molecule has 2 aromatic rings. The van der Waals surface area contributed by atoms with Gasteiger partial charge in [-0.25, -0.2) is 9.07 Å². The lowest BCUT2D eigenvalue weighted by molar-refractivity contribution is -0.0532. The van der Waals surface area contributed by atoms with Crippen molar-refractivity contribution in [3.8, 4) is 30.0 Å². The van der Waals surface area contributed by atoms with Crippen LogP contribution in [0.25, 0.3) is 5.69 Å². The highest BCUT2D eigenvalue weighted by Crippen LogP contribution is 2.21. The summed E-state index contributed by atoms with van der Waals surface area (Å²) in [5, 5.41) is 12.5. The number of alkyl halides is 2. The maximum atomic E-state index is 13.3. The lowest BCUT2D eigenvalue weighted by atomic mass is 10.2. The lowest BCUT2D eigenvalue weighted by Gasteiger charge is -2.02. The molecule has 0 N–H and O–H groups in total. The summed E-state index contributed by atoms with van der Waals surface area (Å²) in [5.74, 6) is 1.04. The van der Waals surface area contributed by atoms with Gasteiger partial charge in [0.15, 0.2) is 0 Å². The molecular formula is C13H6F3N3O. The van der Waals surface area contributed by atoms with Gasteiger partial charge in [-0.3, -0.25) is 0 Å². The van der Waals surface area contributed by atoms with E-state index in [0.717, 1.165) is 16.8 Å². The van der Waals surface area contributed by atoms with E-state index in [4.69, 9.17) is 11.7 Å². The molecule has 2 rings (SSSR count). The Labute approximate surface area is 112 Å². The van der Waals surface area contributed by atoms with Crippen molar-refractivity contribution in [3.05, 3.63) is 41.3 Å². The van der Waals surface area contributed by atoms with Crippen LogP contribution in [0.15, 0.2) is 24.4 Å². The van der Waals surface area contributed by atoms with Crippen molar-refractivity contribution >= 4 is 0 Å². The number of aromatic nitrogens is 2. The minimum atomic E-state index is -3.08. The molecule has 0 aliphatic carbocycles. The lowest BCUT2D eigenvalue weighted by Crippen LogP contribution is -2.04. The topological polar surface area (TPSA) is 50.8 Å². The smallest absolute Gasteiger partial charge is 0.388 e. The number of hydrogen-bond donors (Lipinski definition) is 0. The molecule has 4 nitrogen and oxygen atoms in total. The Bertz CT molecular complexity index is 725. The molecule has 0 radical (unpaired) electrons. The first-order valence-corrected chi connectivity index (χ1v) is 5.25. The Kier molecular flexibility index (Phi) is 3.62. The Hall–Kier alpha value is -2.93. The molecule has 7 heteroatoms. The number of halogens is 3. The van der Waals surface area contributed by atoms with Gasteiger partial charge in [0, 0.05) is 0 Å². The minimum Gasteiger partial charge on any atom is -0.414 e. The minimum absolute atomic E-state index is 0.00642. The summed E-state index contributed by atoms with van der Waals surface area (Å²) in [6.07, 6.45) is 6.38. The van der Waals surface area contributed by atoms with E-state index < -0.39 is 18.3 Å². The zero-order chi connectivity index (χ0) is 14.7. The van der Waals surface area contributed by atoms with Crippen LogP contribution >= 0.6 is 0 Å². The fourth-order valence-corrected chi connectivity index (χ4v) is 1.53. The summed E-state index contributed by atoms with van der Waals surface area (Å²) in [6, 6.07) is 5.23. The van der Waals surface area contributed by atoms with Crippen molar-refractivity contribution in [3.63, 3.8) is 0 Å². The van der Waals surface area contributed by atoms with E-state index in [1.165, 1.54) is 12.3 Å². The van der Waals surface area contributed by atoms with Crippen LogP contribution in [0, 0.1) is 29.5 Å². The van der Waals surface area contributed by atoms with E-state index in [2.05, 4.69) is 15.8 Å². The summed E-state index contributed by atoms with van der Waals surface area (Å²) < 4.78 is 42.9. The molecule has 1 heterocycles. The average Bonchev–Trinajstić information content (AvgIpc) is 2.80. The molecule has 0 saturated carbocycles. The van der Waals surface area contributed by atoms with E-state index in [1.54, 1.807) is 6.07 Å². The van der Waals surface area contributed by atoms with Gasteiger partial charge in [0.05, 0.1) is 23.5 Å². The van der Waals surface area contributed by atoms with E-state index in [0.29, 0.717) is 0 Å². The molecule has 1 aromatic carbocycles. The third kappa shape index (κ3) is 2.73. The number of nitrogens with zero attached hydrogens (tertiary/aromatic N) is 3. The Balaban J connectivity index is 2.49. The maximum Gasteiger partial charge on any atom is 0.388 e. The van der Waals surface area contributed by atoms with Crippen LogP contribution in [0.5, 0.6) is 5.88 Å². The van der Waals surface area contributed by atoms with E-state index in [-0.39, 0.29) is 16.8 Å². The SMILES string of the molecule is C#Cc1cn(-c2cc(F)cc(C#N)c2)nc1OC(F)F. The fourth-order valence-electron chi connectivity index (χ4n) is 1.53. The van der Waals surface area contributed by atoms with Gasteiger partial charge in [-0.15, -0.1) is 11.5 Å². The largest absolute Gasteiger partial charge is 0.414 e. The van der Waals surface area contributed by atoms with Crippen LogP contribution in [0.3, 0.4) is 0 Å². The van der Waals surface area contributed by atoms with Crippen LogP contribution in [0.1, 0.15) is 11.1 Å². The Morgan fingerprint density at radius 1 is 1.35 bits per heavy atom. The van der Waals surface area contributed by atoms with Crippen LogP contribution in [-0.4, -0.2) is 16.4 Å². The highest BCUT2D eigenvalue weighted by Gasteiger charge is 2.15. The first kappa shape index (κ1) is 13.5. The van der Waals surface area contributed by atoms with Crippen LogP contribution in [0.2, 0.25) is 0 Å². The zero-order valence-electron chi connectivity index (χ0n) is 9.85. The highest BCUT2D eigenvalue weighted by molar-refractivity contribution is 5.45. The normalized spacial score (nSPS) is 10.1. The second-order valence-electron chi connectivity index (χ2n) is 3.63. The molecule has 0 aliphatic rings. The third-order valence-corrected chi connectivity index (χ3v) is 2.31. The van der Waals surface area contributed by atoms with Crippen molar-refractivity contribution in [2.75, 3.05) is 0 Å². The third-order valence-electron chi connectivity index (χ3n) is 2.31. The fraction of sp³-hybridized carbons (Fsp3) is 0.0769. The number of terminal acetylenes is 1. The number of rotatable bonds is 3. The van der Waals surface area contributed by atoms with Crippen molar-refractivity contribution in [1.29, 1.82) is 5.26 Å². The van der Waals surface area contributed by atoms with Gasteiger partial charge in [-0.2, -0.15) is 14.0 Å². The predicted molar refractivity (Wildman–Crippen MR) is 62.8 cm³/mol. The quantitative estimate of drug-likeness (QED) is 0.810. The van der Waals surface area contributed by atoms with Gasteiger partial charge in [-0.1, -0.05) is 5.92 Å². The molecule has 0 bridgehead atoms. The van der Waals surface area contributed by atoms with E-state index >= 15 is 0 Å². The van der Waals surface area contributed by atoms with Crippen molar-refractivity contribution in [1.82, 2.24) is 9.78 Å². The van der Waals surface area contributed by atoms with Gasteiger partial charge in [-0.05, 0) is 18.2 Å². The van der Waals surface area contributed by atoms with Crippen molar-refractivity contribution in [2.45, 2.75) is 6.61 Å². The zero-order valence-corrected chi connectivity index (χ0v) is 9.85. The summed E-state index contributed by atoms with van der Waals surface area (Å²) in [6.45, 7) is -3.08. The van der Waals surface area contributed by atoms with Gasteiger partial charge < -0.3 is 4.74 Å². The molecule has 0 atom stereocenters. The number of ether oxygens (including phenoxy) is 1. The molecule has 0 fully saturated rings. The van der Waals surface area contributed by atoms with Crippen molar-refractivity contribution in [2.24, 2.45) is 0 Å². The molecule has 0 saturated heterocycles. The predicted octanol–water partition coefficient (Wildman–Crippen LogP) is 2.47. The van der Waals surface area contributed by atoms with E-state index in [9.17, 15) is 13.2 Å². The second kappa shape index (κ2) is 5.37. The summed E-state index contributed by atoms with van der Waals surface area (Å²) >= 11 is 0. The first-order chi connectivity index (χ1) is 9.53. The first-order valence-electron chi connectivity index (χ1n) is 5.25.